The second-order valence-corrected chi connectivity index (χ2v) is 18.8. The van der Waals surface area contributed by atoms with Gasteiger partial charge in [0.05, 0.1) is 38.3 Å². The lowest BCUT2D eigenvalue weighted by Gasteiger charge is -2.05. The van der Waals surface area contributed by atoms with E-state index < -0.39 is 0 Å². The van der Waals surface area contributed by atoms with Crippen LogP contribution in [0.5, 0.6) is 5.75 Å². The van der Waals surface area contributed by atoms with Gasteiger partial charge >= 0.3 is 0 Å². The second-order valence-electron chi connectivity index (χ2n) is 17.6. The minimum atomic E-state index is 0.114. The van der Waals surface area contributed by atoms with Crippen LogP contribution in [0, 0.1) is 6.92 Å². The molecule has 0 spiro atoms. The number of nitrogens with zero attached hydrogens (tertiary/aromatic N) is 12. The number of ketones is 1. The van der Waals surface area contributed by atoms with Crippen LogP contribution in [-0.4, -0.2) is 72.8 Å². The van der Waals surface area contributed by atoms with Crippen molar-refractivity contribution in [1.29, 1.82) is 0 Å². The molecule has 0 saturated heterocycles. The van der Waals surface area contributed by atoms with E-state index in [-0.39, 0.29) is 5.78 Å². The predicted molar refractivity (Wildman–Crippen MR) is 302 cm³/mol. The van der Waals surface area contributed by atoms with Crippen molar-refractivity contribution >= 4 is 73.7 Å². The minimum Gasteiger partial charge on any atom is -0.497 e. The molecule has 0 fully saturated rings. The van der Waals surface area contributed by atoms with Gasteiger partial charge in [-0.2, -0.15) is 15.3 Å². The van der Waals surface area contributed by atoms with E-state index in [1.165, 1.54) is 5.56 Å². The second kappa shape index (κ2) is 22.0. The Morgan fingerprint density at radius 3 is 1.04 bits per heavy atom. The number of methoxy groups -OCH3 is 1. The summed E-state index contributed by atoms with van der Waals surface area (Å²) < 4.78 is 10.3. The summed E-state index contributed by atoms with van der Waals surface area (Å²) in [6.45, 7) is 3.92. The molecule has 0 unspecified atom stereocenters. The maximum Gasteiger partial charge on any atom is 0.182 e. The van der Waals surface area contributed by atoms with Gasteiger partial charge in [-0.1, -0.05) is 187 Å². The highest BCUT2D eigenvalue weighted by atomic mass is 35.5. The third-order valence-electron chi connectivity index (χ3n) is 12.7. The topological polar surface area (TPSA) is 157 Å². The number of aromatic nitrogens is 12. The summed E-state index contributed by atoms with van der Waals surface area (Å²) in [7, 11) is 7.15. The molecule has 0 amide bonds. The van der Waals surface area contributed by atoms with Gasteiger partial charge in [-0.05, 0) is 31.2 Å². The van der Waals surface area contributed by atoms with Gasteiger partial charge < -0.3 is 4.74 Å². The first-order valence-corrected chi connectivity index (χ1v) is 25.2. The van der Waals surface area contributed by atoms with Crippen molar-refractivity contribution in [2.45, 2.75) is 20.3 Å². The number of halogens is 3. The van der Waals surface area contributed by atoms with E-state index in [0.717, 1.165) is 72.4 Å². The molecule has 6 aromatic carbocycles. The smallest absolute Gasteiger partial charge is 0.182 e. The highest BCUT2D eigenvalue weighted by Crippen LogP contribution is 2.40. The van der Waals surface area contributed by atoms with E-state index in [9.17, 15) is 4.79 Å². The van der Waals surface area contributed by atoms with Crippen LogP contribution in [0.25, 0.3) is 101 Å². The Kier molecular flexibility index (Phi) is 14.7. The molecule has 17 heteroatoms. The van der Waals surface area contributed by atoms with Crippen LogP contribution in [0.1, 0.15) is 29.3 Å². The molecule has 0 aliphatic carbocycles. The number of hydrogen-bond donors (Lipinski definition) is 0. The summed E-state index contributed by atoms with van der Waals surface area (Å²) in [5.74, 6) is 0.905. The summed E-state index contributed by atoms with van der Waals surface area (Å²) in [5.41, 5.74) is 13.7. The highest BCUT2D eigenvalue weighted by molar-refractivity contribution is 6.39. The molecule has 76 heavy (non-hydrogen) atoms. The van der Waals surface area contributed by atoms with Gasteiger partial charge in [-0.15, -0.1) is 30.6 Å². The lowest BCUT2D eigenvalue weighted by molar-refractivity contribution is 0.0988. The van der Waals surface area contributed by atoms with Crippen LogP contribution >= 0.6 is 34.8 Å². The summed E-state index contributed by atoms with van der Waals surface area (Å²) in [4.78, 5) is 11.9. The van der Waals surface area contributed by atoms with Gasteiger partial charge in [0.2, 0.25) is 0 Å². The number of benzene rings is 6. The number of Topliss-reactive ketones (excluding diaryl/α,β-unsaturated/α-hetero) is 1. The van der Waals surface area contributed by atoms with Gasteiger partial charge in [0, 0.05) is 66.5 Å². The molecule has 12 aromatic rings. The van der Waals surface area contributed by atoms with Crippen molar-refractivity contribution in [3.8, 4) is 73.3 Å². The quantitative estimate of drug-likeness (QED) is 0.127. The van der Waals surface area contributed by atoms with Crippen LogP contribution in [0.4, 0.5) is 0 Å². The van der Waals surface area contributed by atoms with Crippen molar-refractivity contribution in [2.75, 3.05) is 7.11 Å². The third kappa shape index (κ3) is 10.0. The Morgan fingerprint density at radius 1 is 0.421 bits per heavy atom. The first kappa shape index (κ1) is 50.8. The van der Waals surface area contributed by atoms with Crippen LogP contribution in [0.15, 0.2) is 164 Å². The molecule has 0 atom stereocenters. The Morgan fingerprint density at radius 2 is 0.724 bits per heavy atom. The average molecular weight is 1060 g/mol. The maximum absolute atomic E-state index is 11.9. The molecule has 0 N–H and O–H groups in total. The van der Waals surface area contributed by atoms with Crippen LogP contribution in [0.3, 0.4) is 0 Å². The average Bonchev–Trinajstić information content (AvgIpc) is 4.20. The fraction of sp³-hybridized carbons (Fsp3) is 0.119. The van der Waals surface area contributed by atoms with E-state index in [4.69, 9.17) is 39.5 Å². The van der Waals surface area contributed by atoms with Gasteiger partial charge in [0.1, 0.15) is 39.9 Å². The number of aryl methyl sites for hydroxylation is 4. The number of ether oxygens (including phenoxy) is 1. The Bertz CT molecular complexity index is 4040. The number of rotatable bonds is 9. The first-order valence-electron chi connectivity index (χ1n) is 24.1. The Hall–Kier alpha value is -8.69. The van der Waals surface area contributed by atoms with Crippen molar-refractivity contribution in [3.63, 3.8) is 0 Å². The summed E-state index contributed by atoms with van der Waals surface area (Å²) in [5, 5.41) is 43.8. The molecular formula is C59H47Cl3N12O2. The zero-order valence-electron chi connectivity index (χ0n) is 42.1. The molecule has 0 bridgehead atoms. The van der Waals surface area contributed by atoms with Crippen molar-refractivity contribution in [3.05, 3.63) is 190 Å². The van der Waals surface area contributed by atoms with Crippen molar-refractivity contribution in [1.82, 2.24) is 59.9 Å². The van der Waals surface area contributed by atoms with Gasteiger partial charge in [-0.3, -0.25) is 4.79 Å². The fourth-order valence-electron chi connectivity index (χ4n) is 8.70. The summed E-state index contributed by atoms with van der Waals surface area (Å²) >= 11 is 20.2. The SMILES string of the molecule is CCC(=O)c1ccc(-c2nn(C)c3nnc(-c4ccccc4)c(Cl)c23)cc1.COc1ccc(-c2nn(C)c3nnc(-c4ccccc4)c(Cl)c23)cc1.Cc1ccc(-c2nn(C)c3nnc(-c4ccccc4)c(Cl)c23)cc1. The minimum absolute atomic E-state index is 0.114. The maximum atomic E-state index is 11.9. The van der Waals surface area contributed by atoms with Gasteiger partial charge in [-0.25, -0.2) is 14.0 Å². The van der Waals surface area contributed by atoms with E-state index in [1.54, 1.807) is 21.2 Å². The molecule has 12 rings (SSSR count). The van der Waals surface area contributed by atoms with E-state index in [1.807, 2.05) is 168 Å². The molecule has 0 saturated carbocycles. The molecule has 0 aliphatic rings. The number of carbonyl (C=O) groups excluding carboxylic acids is 1. The standard InChI is InChI=1S/C21H17ClN4O.C19H15ClN4O.C19H15ClN4/c1-3-16(27)13-9-11-15(12-10-13)19-17-18(22)20(14-7-5-4-6-8-14)23-24-21(17)26(2)25-19;1-24-19-15(17(23-24)13-8-10-14(25-2)11-9-13)16(20)18(21-22-19)12-6-4-3-5-7-12;1-12-8-10-14(11-9-12)17-15-16(20)18(13-6-4-3-5-7-13)21-22-19(15)24(2)23-17/h4-12H,3H2,1-2H3;3-11H,1-2H3;3-11H,1-2H3. The third-order valence-corrected chi connectivity index (χ3v) is 13.8. The Balaban J connectivity index is 0.000000130. The van der Waals surface area contributed by atoms with Crippen molar-refractivity contribution in [2.24, 2.45) is 21.1 Å². The number of fused-ring (bicyclic) bond motifs is 3. The van der Waals surface area contributed by atoms with E-state index in [2.05, 4.69) is 77.1 Å². The van der Waals surface area contributed by atoms with Crippen molar-refractivity contribution < 1.29 is 9.53 Å². The molecule has 6 heterocycles. The van der Waals surface area contributed by atoms with Gasteiger partial charge in [0.25, 0.3) is 0 Å². The molecular weight excluding hydrogens is 1020 g/mol. The highest BCUT2D eigenvalue weighted by Gasteiger charge is 2.23. The summed E-state index contributed by atoms with van der Waals surface area (Å²) in [6.07, 6.45) is 0.480. The first-order chi connectivity index (χ1) is 36.9. The molecule has 0 aliphatic heterocycles. The fourth-order valence-corrected chi connectivity index (χ4v) is 9.66. The molecule has 0 radical (unpaired) electrons. The van der Waals surface area contributed by atoms with E-state index >= 15 is 0 Å². The largest absolute Gasteiger partial charge is 0.497 e. The van der Waals surface area contributed by atoms with E-state index in [0.29, 0.717) is 61.1 Å². The number of hydrogen-bond acceptors (Lipinski definition) is 11. The predicted octanol–water partition coefficient (Wildman–Crippen LogP) is 14.0. The molecule has 14 nitrogen and oxygen atoms in total. The lowest BCUT2D eigenvalue weighted by atomic mass is 10.0. The number of carbonyl (C=O) groups is 1. The van der Waals surface area contributed by atoms with Crippen LogP contribution in [0.2, 0.25) is 15.1 Å². The van der Waals surface area contributed by atoms with Gasteiger partial charge in [0.15, 0.2) is 22.7 Å². The monoisotopic (exact) mass is 1060 g/mol. The Labute approximate surface area is 452 Å². The zero-order valence-corrected chi connectivity index (χ0v) is 44.4. The summed E-state index contributed by atoms with van der Waals surface area (Å²) in [6, 6.07) is 52.7. The lowest BCUT2D eigenvalue weighted by Crippen LogP contribution is -1.95. The normalized spacial score (nSPS) is 11.1. The van der Waals surface area contributed by atoms with Crippen LogP contribution in [-0.2, 0) is 21.1 Å². The molecule has 6 aromatic heterocycles. The molecule has 376 valence electrons. The van der Waals surface area contributed by atoms with Crippen LogP contribution < -0.4 is 4.74 Å². The zero-order chi connectivity index (χ0) is 53.0.